The molecule has 3 nitrogen and oxygen atoms in total. The van der Waals surface area contributed by atoms with Crippen molar-refractivity contribution in [2.24, 2.45) is 5.41 Å². The summed E-state index contributed by atoms with van der Waals surface area (Å²) in [4.78, 5) is 2.38. The van der Waals surface area contributed by atoms with E-state index in [0.29, 0.717) is 11.5 Å². The maximum Gasteiger partial charge on any atom is 0.0831 e. The van der Waals surface area contributed by atoms with Crippen LogP contribution in [0, 0.1) is 5.41 Å². The van der Waals surface area contributed by atoms with E-state index in [1.165, 1.54) is 0 Å². The molecule has 0 saturated carbocycles. The number of aliphatic hydroxyl groups excluding tert-OH is 1. The fraction of sp³-hybridized carbons (Fsp3) is 1.00. The molecule has 2 saturated heterocycles. The molecule has 2 atom stereocenters. The van der Waals surface area contributed by atoms with E-state index < -0.39 is 0 Å². The quantitative estimate of drug-likeness (QED) is 0.565. The van der Waals surface area contributed by atoms with E-state index in [9.17, 15) is 5.11 Å². The van der Waals surface area contributed by atoms with Crippen LogP contribution in [0.25, 0.3) is 0 Å². The molecule has 3 heteroatoms. The topological polar surface area (TPSA) is 35.5 Å². The third-order valence-electron chi connectivity index (χ3n) is 2.88. The van der Waals surface area contributed by atoms with Gasteiger partial charge in [0.05, 0.1) is 6.10 Å². The molecule has 0 radical (unpaired) electrons. The number of likely N-dealkylation sites (tertiary alicyclic amines) is 1. The highest BCUT2D eigenvalue weighted by atomic mass is 16.3. The summed E-state index contributed by atoms with van der Waals surface area (Å²) in [5.41, 5.74) is 0.475. The molecule has 12 heavy (non-hydrogen) atoms. The first-order chi connectivity index (χ1) is 5.58. The number of hydrogen-bond acceptors (Lipinski definition) is 3. The van der Waals surface area contributed by atoms with Crippen LogP contribution in [0.15, 0.2) is 0 Å². The summed E-state index contributed by atoms with van der Waals surface area (Å²) in [6.07, 6.45) is -0.152. The Bertz CT molecular complexity index is 173. The van der Waals surface area contributed by atoms with Gasteiger partial charge in [0.15, 0.2) is 0 Å². The van der Waals surface area contributed by atoms with Crippen molar-refractivity contribution in [3.8, 4) is 0 Å². The molecule has 0 unspecified atom stereocenters. The van der Waals surface area contributed by atoms with Gasteiger partial charge in [-0.1, -0.05) is 13.8 Å². The first-order valence-electron chi connectivity index (χ1n) is 4.71. The SMILES string of the molecule is CC1(C)CN([C@@H]2CNC[C@H]2O)C1. The van der Waals surface area contributed by atoms with Crippen molar-refractivity contribution in [2.75, 3.05) is 26.2 Å². The summed E-state index contributed by atoms with van der Waals surface area (Å²) in [6.45, 7) is 8.54. The van der Waals surface area contributed by atoms with Gasteiger partial charge in [0.2, 0.25) is 0 Å². The smallest absolute Gasteiger partial charge is 0.0831 e. The standard InChI is InChI=1S/C9H18N2O/c1-9(2)5-11(6-9)7-3-10-4-8(7)12/h7-8,10,12H,3-6H2,1-2H3/t7-,8-/m1/s1. The van der Waals surface area contributed by atoms with Gasteiger partial charge in [-0.2, -0.15) is 0 Å². The van der Waals surface area contributed by atoms with Gasteiger partial charge in [0, 0.05) is 32.2 Å². The Balaban J connectivity index is 1.87. The molecule has 0 spiro atoms. The van der Waals surface area contributed by atoms with Gasteiger partial charge in [-0.05, 0) is 5.41 Å². The number of rotatable bonds is 1. The van der Waals surface area contributed by atoms with E-state index in [0.717, 1.165) is 26.2 Å². The largest absolute Gasteiger partial charge is 0.390 e. The average molecular weight is 170 g/mol. The average Bonchev–Trinajstić information content (AvgIpc) is 2.30. The zero-order valence-electron chi connectivity index (χ0n) is 7.88. The molecule has 0 aromatic heterocycles. The zero-order valence-corrected chi connectivity index (χ0v) is 7.88. The lowest BCUT2D eigenvalue weighted by Gasteiger charge is -2.49. The highest BCUT2D eigenvalue weighted by Gasteiger charge is 2.41. The zero-order chi connectivity index (χ0) is 8.77. The summed E-state index contributed by atoms with van der Waals surface area (Å²) in [5, 5.41) is 12.8. The number of hydrogen-bond donors (Lipinski definition) is 2. The molecule has 0 amide bonds. The molecule has 2 aliphatic heterocycles. The lowest BCUT2D eigenvalue weighted by Crippen LogP contribution is -2.60. The summed E-state index contributed by atoms with van der Waals surface area (Å²) < 4.78 is 0. The summed E-state index contributed by atoms with van der Waals surface area (Å²) in [6, 6.07) is 0.373. The predicted octanol–water partition coefficient (Wildman–Crippen LogP) is -0.339. The van der Waals surface area contributed by atoms with E-state index in [2.05, 4.69) is 24.1 Å². The molecule has 0 bridgehead atoms. The molecule has 2 N–H and O–H groups in total. The first kappa shape index (κ1) is 8.48. The third-order valence-corrected chi connectivity index (χ3v) is 2.88. The first-order valence-corrected chi connectivity index (χ1v) is 4.71. The second kappa shape index (κ2) is 2.69. The number of nitrogens with zero attached hydrogens (tertiary/aromatic N) is 1. The second-order valence-electron chi connectivity index (χ2n) is 4.86. The maximum absolute atomic E-state index is 9.59. The third kappa shape index (κ3) is 1.37. The Morgan fingerprint density at radius 2 is 2.00 bits per heavy atom. The Kier molecular flexibility index (Phi) is 1.90. The molecule has 2 heterocycles. The van der Waals surface area contributed by atoms with Crippen LogP contribution in [0.5, 0.6) is 0 Å². The van der Waals surface area contributed by atoms with Crippen molar-refractivity contribution in [3.05, 3.63) is 0 Å². The van der Waals surface area contributed by atoms with Gasteiger partial charge >= 0.3 is 0 Å². The van der Waals surface area contributed by atoms with Crippen LogP contribution in [-0.4, -0.2) is 48.3 Å². The maximum atomic E-state index is 9.59. The van der Waals surface area contributed by atoms with Crippen LogP contribution in [0.1, 0.15) is 13.8 Å². The van der Waals surface area contributed by atoms with E-state index in [-0.39, 0.29) is 6.10 Å². The highest BCUT2D eigenvalue weighted by molar-refractivity contribution is 4.97. The monoisotopic (exact) mass is 170 g/mol. The van der Waals surface area contributed by atoms with Crippen molar-refractivity contribution in [1.29, 1.82) is 0 Å². The van der Waals surface area contributed by atoms with Crippen molar-refractivity contribution in [1.82, 2.24) is 10.2 Å². The van der Waals surface area contributed by atoms with E-state index in [4.69, 9.17) is 0 Å². The molecule has 70 valence electrons. The van der Waals surface area contributed by atoms with Gasteiger partial charge in [-0.15, -0.1) is 0 Å². The van der Waals surface area contributed by atoms with Crippen LogP contribution in [0.2, 0.25) is 0 Å². The Morgan fingerprint density at radius 1 is 1.33 bits per heavy atom. The molecular weight excluding hydrogens is 152 g/mol. The summed E-state index contributed by atoms with van der Waals surface area (Å²) in [5.74, 6) is 0. The van der Waals surface area contributed by atoms with E-state index in [1.54, 1.807) is 0 Å². The van der Waals surface area contributed by atoms with Gasteiger partial charge < -0.3 is 10.4 Å². The molecular formula is C9H18N2O. The van der Waals surface area contributed by atoms with Gasteiger partial charge in [0.1, 0.15) is 0 Å². The minimum absolute atomic E-state index is 0.152. The number of nitrogens with one attached hydrogen (secondary N) is 1. The van der Waals surface area contributed by atoms with Crippen LogP contribution in [-0.2, 0) is 0 Å². The Morgan fingerprint density at radius 3 is 2.42 bits per heavy atom. The molecule has 0 aromatic rings. The van der Waals surface area contributed by atoms with Gasteiger partial charge in [-0.25, -0.2) is 0 Å². The van der Waals surface area contributed by atoms with Crippen LogP contribution < -0.4 is 5.32 Å². The number of β-amino-alcohol motifs (C(OH)–C–C–N with tert-alkyl or cyclic N) is 1. The van der Waals surface area contributed by atoms with Crippen molar-refractivity contribution >= 4 is 0 Å². The highest BCUT2D eigenvalue weighted by Crippen LogP contribution is 2.31. The van der Waals surface area contributed by atoms with E-state index >= 15 is 0 Å². The molecule has 2 fully saturated rings. The normalized spacial score (nSPS) is 41.2. The molecule has 2 rings (SSSR count). The lowest BCUT2D eigenvalue weighted by molar-refractivity contribution is -0.0345. The van der Waals surface area contributed by atoms with E-state index in [1.807, 2.05) is 0 Å². The van der Waals surface area contributed by atoms with Crippen molar-refractivity contribution in [3.63, 3.8) is 0 Å². The van der Waals surface area contributed by atoms with Crippen molar-refractivity contribution < 1.29 is 5.11 Å². The fourth-order valence-electron chi connectivity index (χ4n) is 2.31. The Labute approximate surface area is 73.8 Å². The van der Waals surface area contributed by atoms with Crippen molar-refractivity contribution in [2.45, 2.75) is 26.0 Å². The van der Waals surface area contributed by atoms with Crippen LogP contribution in [0.3, 0.4) is 0 Å². The van der Waals surface area contributed by atoms with Crippen LogP contribution in [0.4, 0.5) is 0 Å². The molecule has 0 aliphatic carbocycles. The summed E-state index contributed by atoms with van der Waals surface area (Å²) in [7, 11) is 0. The molecule has 2 aliphatic rings. The summed E-state index contributed by atoms with van der Waals surface area (Å²) >= 11 is 0. The predicted molar refractivity (Wildman–Crippen MR) is 48.0 cm³/mol. The van der Waals surface area contributed by atoms with Gasteiger partial charge in [0.25, 0.3) is 0 Å². The van der Waals surface area contributed by atoms with Gasteiger partial charge in [-0.3, -0.25) is 4.90 Å². The lowest BCUT2D eigenvalue weighted by atomic mass is 9.83. The van der Waals surface area contributed by atoms with Crippen LogP contribution >= 0.6 is 0 Å². The minimum atomic E-state index is -0.152. The molecule has 0 aromatic carbocycles. The number of aliphatic hydroxyl groups is 1. The minimum Gasteiger partial charge on any atom is -0.390 e. The second-order valence-corrected chi connectivity index (χ2v) is 4.86. The fourth-order valence-corrected chi connectivity index (χ4v) is 2.31. The Hall–Kier alpha value is -0.120.